The smallest absolute Gasteiger partial charge is 0.380 e. The molecule has 2 N–H and O–H groups in total. The van der Waals surface area contributed by atoms with Crippen LogP contribution in [0.3, 0.4) is 0 Å². The van der Waals surface area contributed by atoms with Crippen molar-refractivity contribution in [2.45, 2.75) is 32.8 Å². The van der Waals surface area contributed by atoms with Crippen LogP contribution in [-0.4, -0.2) is 19.6 Å². The van der Waals surface area contributed by atoms with E-state index < -0.39 is 11.7 Å². The second-order valence-corrected chi connectivity index (χ2v) is 5.95. The lowest BCUT2D eigenvalue weighted by Gasteiger charge is -2.14. The van der Waals surface area contributed by atoms with Crippen LogP contribution in [0.25, 0.3) is 0 Å². The number of hydrogen-bond donors (Lipinski definition) is 2. The van der Waals surface area contributed by atoms with Crippen LogP contribution in [0.5, 0.6) is 0 Å². The number of guanidine groups is 1. The molecule has 0 aromatic heterocycles. The number of hydrogen-bond acceptors (Lipinski definition) is 2. The number of methoxy groups -OCH3 is 1. The van der Waals surface area contributed by atoms with Crippen LogP contribution in [0.4, 0.5) is 13.2 Å². The normalized spacial score (nSPS) is 12.1. The van der Waals surface area contributed by atoms with Gasteiger partial charge in [0.15, 0.2) is 5.96 Å². The SMILES string of the molecule is CCNC(=NCc1cccc(C(F)(F)F)c1)NCc1ccccc1COC. The summed E-state index contributed by atoms with van der Waals surface area (Å²) in [6.45, 7) is 3.77. The molecule has 0 amide bonds. The van der Waals surface area contributed by atoms with E-state index in [0.717, 1.165) is 23.3 Å². The zero-order chi connectivity index (χ0) is 19.7. The molecule has 0 fully saturated rings. The Morgan fingerprint density at radius 2 is 1.78 bits per heavy atom. The molecule has 146 valence electrons. The molecule has 0 radical (unpaired) electrons. The van der Waals surface area contributed by atoms with Gasteiger partial charge in [0.1, 0.15) is 0 Å². The Kier molecular flexibility index (Phi) is 7.67. The molecule has 2 rings (SSSR count). The van der Waals surface area contributed by atoms with Crippen LogP contribution in [-0.2, 0) is 30.6 Å². The molecular formula is C20H24F3N3O. The van der Waals surface area contributed by atoms with Gasteiger partial charge < -0.3 is 15.4 Å². The van der Waals surface area contributed by atoms with Gasteiger partial charge in [-0.05, 0) is 35.7 Å². The molecule has 0 atom stereocenters. The largest absolute Gasteiger partial charge is 0.416 e. The van der Waals surface area contributed by atoms with Gasteiger partial charge in [-0.15, -0.1) is 0 Å². The highest BCUT2D eigenvalue weighted by atomic mass is 19.4. The summed E-state index contributed by atoms with van der Waals surface area (Å²) in [4.78, 5) is 4.39. The lowest BCUT2D eigenvalue weighted by molar-refractivity contribution is -0.137. The predicted molar refractivity (Wildman–Crippen MR) is 100 cm³/mol. The minimum absolute atomic E-state index is 0.152. The maximum Gasteiger partial charge on any atom is 0.416 e. The lowest BCUT2D eigenvalue weighted by atomic mass is 10.1. The second-order valence-electron chi connectivity index (χ2n) is 5.95. The van der Waals surface area contributed by atoms with Crippen molar-refractivity contribution in [3.63, 3.8) is 0 Å². The van der Waals surface area contributed by atoms with E-state index in [4.69, 9.17) is 4.74 Å². The number of aliphatic imine (C=N–C) groups is 1. The van der Waals surface area contributed by atoms with E-state index in [9.17, 15) is 13.2 Å². The van der Waals surface area contributed by atoms with E-state index in [-0.39, 0.29) is 6.54 Å². The number of rotatable bonds is 7. The Labute approximate surface area is 157 Å². The van der Waals surface area contributed by atoms with E-state index in [1.54, 1.807) is 13.2 Å². The fourth-order valence-electron chi connectivity index (χ4n) is 2.56. The van der Waals surface area contributed by atoms with Crippen LogP contribution < -0.4 is 10.6 Å². The molecule has 0 aliphatic carbocycles. The van der Waals surface area contributed by atoms with Crippen LogP contribution in [0.2, 0.25) is 0 Å². The highest BCUT2D eigenvalue weighted by Crippen LogP contribution is 2.29. The minimum Gasteiger partial charge on any atom is -0.380 e. The molecular weight excluding hydrogens is 355 g/mol. The van der Waals surface area contributed by atoms with Crippen LogP contribution in [0.1, 0.15) is 29.2 Å². The molecule has 0 heterocycles. The maximum atomic E-state index is 12.8. The van der Waals surface area contributed by atoms with E-state index >= 15 is 0 Å². The van der Waals surface area contributed by atoms with E-state index in [2.05, 4.69) is 15.6 Å². The first-order valence-electron chi connectivity index (χ1n) is 8.68. The molecule has 27 heavy (non-hydrogen) atoms. The second kappa shape index (κ2) is 9.97. The molecule has 2 aromatic rings. The number of alkyl halides is 3. The third kappa shape index (κ3) is 6.60. The zero-order valence-corrected chi connectivity index (χ0v) is 15.4. The predicted octanol–water partition coefficient (Wildman–Crippen LogP) is 4.11. The number of nitrogens with one attached hydrogen (secondary N) is 2. The van der Waals surface area contributed by atoms with Gasteiger partial charge in [-0.1, -0.05) is 36.4 Å². The maximum absolute atomic E-state index is 12.8. The van der Waals surface area contributed by atoms with Crippen molar-refractivity contribution in [1.29, 1.82) is 0 Å². The van der Waals surface area contributed by atoms with E-state index in [1.165, 1.54) is 6.07 Å². The van der Waals surface area contributed by atoms with Gasteiger partial charge in [0, 0.05) is 20.2 Å². The van der Waals surface area contributed by atoms with Gasteiger partial charge >= 0.3 is 6.18 Å². The quantitative estimate of drug-likeness (QED) is 0.562. The summed E-state index contributed by atoms with van der Waals surface area (Å²) in [5.41, 5.74) is 1.98. The van der Waals surface area contributed by atoms with Crippen LogP contribution in [0.15, 0.2) is 53.5 Å². The van der Waals surface area contributed by atoms with Gasteiger partial charge in [0.25, 0.3) is 0 Å². The summed E-state index contributed by atoms with van der Waals surface area (Å²) in [6.07, 6.45) is -4.35. The summed E-state index contributed by atoms with van der Waals surface area (Å²) in [5.74, 6) is 0.544. The zero-order valence-electron chi connectivity index (χ0n) is 15.4. The minimum atomic E-state index is -4.35. The van der Waals surface area contributed by atoms with Gasteiger partial charge in [-0.25, -0.2) is 4.99 Å². The first-order valence-corrected chi connectivity index (χ1v) is 8.68. The van der Waals surface area contributed by atoms with E-state index in [1.807, 2.05) is 31.2 Å². The first-order chi connectivity index (χ1) is 12.9. The Bertz CT molecular complexity index is 760. The molecule has 0 saturated heterocycles. The molecule has 0 unspecified atom stereocenters. The molecule has 2 aromatic carbocycles. The van der Waals surface area contributed by atoms with Crippen molar-refractivity contribution in [3.8, 4) is 0 Å². The van der Waals surface area contributed by atoms with Crippen molar-refractivity contribution in [1.82, 2.24) is 10.6 Å². The molecule has 0 aliphatic rings. The Morgan fingerprint density at radius 1 is 1.04 bits per heavy atom. The van der Waals surface area contributed by atoms with Gasteiger partial charge in [-0.2, -0.15) is 13.2 Å². The molecule has 4 nitrogen and oxygen atoms in total. The summed E-state index contributed by atoms with van der Waals surface area (Å²) in [7, 11) is 1.64. The third-order valence-electron chi connectivity index (χ3n) is 3.88. The summed E-state index contributed by atoms with van der Waals surface area (Å²) in [5, 5.41) is 6.32. The summed E-state index contributed by atoms with van der Waals surface area (Å²) < 4.78 is 43.7. The Hall–Kier alpha value is -2.54. The summed E-state index contributed by atoms with van der Waals surface area (Å²) >= 11 is 0. The number of ether oxygens (including phenoxy) is 1. The average molecular weight is 379 g/mol. The van der Waals surface area contributed by atoms with E-state index in [0.29, 0.717) is 31.2 Å². The number of halogens is 3. The van der Waals surface area contributed by atoms with Crippen molar-refractivity contribution in [2.24, 2.45) is 4.99 Å². The topological polar surface area (TPSA) is 45.7 Å². The monoisotopic (exact) mass is 379 g/mol. The first kappa shape index (κ1) is 20.8. The van der Waals surface area contributed by atoms with Gasteiger partial charge in [-0.3, -0.25) is 0 Å². The number of benzene rings is 2. The fourth-order valence-corrected chi connectivity index (χ4v) is 2.56. The average Bonchev–Trinajstić information content (AvgIpc) is 2.65. The third-order valence-corrected chi connectivity index (χ3v) is 3.88. The highest BCUT2D eigenvalue weighted by Gasteiger charge is 2.30. The summed E-state index contributed by atoms with van der Waals surface area (Å²) in [6, 6.07) is 13.1. The molecule has 0 spiro atoms. The fraction of sp³-hybridized carbons (Fsp3) is 0.350. The van der Waals surface area contributed by atoms with Crippen molar-refractivity contribution in [2.75, 3.05) is 13.7 Å². The molecule has 7 heteroatoms. The lowest BCUT2D eigenvalue weighted by Crippen LogP contribution is -2.37. The molecule has 0 aliphatic heterocycles. The van der Waals surface area contributed by atoms with Crippen molar-refractivity contribution in [3.05, 3.63) is 70.8 Å². The van der Waals surface area contributed by atoms with Crippen molar-refractivity contribution < 1.29 is 17.9 Å². The molecule has 0 bridgehead atoms. The Balaban J connectivity index is 2.07. The highest BCUT2D eigenvalue weighted by molar-refractivity contribution is 5.79. The number of nitrogens with zero attached hydrogens (tertiary/aromatic N) is 1. The van der Waals surface area contributed by atoms with Crippen molar-refractivity contribution >= 4 is 5.96 Å². The standard InChI is InChI=1S/C20H24F3N3O/c1-3-24-19(26-13-16-8-4-5-9-17(16)14-27-2)25-12-15-7-6-10-18(11-15)20(21,22)23/h4-11H,3,12-14H2,1-2H3,(H2,24,25,26). The molecule has 0 saturated carbocycles. The van der Waals surface area contributed by atoms with Crippen LogP contribution in [0, 0.1) is 0 Å². The van der Waals surface area contributed by atoms with Gasteiger partial charge in [0.05, 0.1) is 18.7 Å². The van der Waals surface area contributed by atoms with Crippen LogP contribution >= 0.6 is 0 Å². The Morgan fingerprint density at radius 3 is 2.44 bits per heavy atom. The van der Waals surface area contributed by atoms with Gasteiger partial charge in [0.2, 0.25) is 0 Å².